The van der Waals surface area contributed by atoms with Gasteiger partial charge in [0.05, 0.1) is 36.2 Å². The molecule has 8 heteroatoms. The highest BCUT2D eigenvalue weighted by atomic mass is 16.5. The lowest BCUT2D eigenvalue weighted by Gasteiger charge is -2.20. The number of fused-ring (bicyclic) bond motifs is 1. The number of aldehydes is 1. The van der Waals surface area contributed by atoms with Gasteiger partial charge in [-0.3, -0.25) is 9.79 Å². The molecule has 1 aliphatic heterocycles. The monoisotopic (exact) mass is 513 g/mol. The molecule has 198 valence electrons. The molecule has 38 heavy (non-hydrogen) atoms. The molecule has 1 aliphatic rings. The van der Waals surface area contributed by atoms with Crippen LogP contribution in [0.15, 0.2) is 64.8 Å². The van der Waals surface area contributed by atoms with Gasteiger partial charge in [0, 0.05) is 37.5 Å². The number of ether oxygens (including phenoxy) is 2. The van der Waals surface area contributed by atoms with Crippen molar-refractivity contribution >= 4 is 23.4 Å². The number of carbonyl (C=O) groups excluding carboxylic acids is 1. The van der Waals surface area contributed by atoms with Crippen molar-refractivity contribution in [3.05, 3.63) is 76.8 Å². The normalized spacial score (nSPS) is 15.4. The number of aromatic nitrogens is 2. The van der Waals surface area contributed by atoms with Crippen LogP contribution < -0.4 is 4.74 Å². The summed E-state index contributed by atoms with van der Waals surface area (Å²) in [5.41, 5.74) is 4.02. The van der Waals surface area contributed by atoms with Crippen molar-refractivity contribution in [3.8, 4) is 11.9 Å². The van der Waals surface area contributed by atoms with Gasteiger partial charge in [0.25, 0.3) is 0 Å². The highest BCUT2D eigenvalue weighted by Gasteiger charge is 2.20. The average Bonchev–Trinajstić information content (AvgIpc) is 3.44. The second-order valence-electron chi connectivity index (χ2n) is 9.04. The van der Waals surface area contributed by atoms with Gasteiger partial charge in [0.2, 0.25) is 5.88 Å². The molecule has 1 aromatic heterocycles. The lowest BCUT2D eigenvalue weighted by Crippen LogP contribution is -2.21. The van der Waals surface area contributed by atoms with E-state index in [9.17, 15) is 10.1 Å². The smallest absolute Gasteiger partial charge is 0.225 e. The van der Waals surface area contributed by atoms with Gasteiger partial charge in [-0.2, -0.15) is 10.2 Å². The predicted octanol–water partition coefficient (Wildman–Crippen LogP) is 5.32. The standard InChI is InChI=1S/C22H27N5O2.C8H8O/c1-4-10-24-13-17(12-23)16(2)27(3)14-21-25-20-8-6-5-7-19(20)22(26-21)29-18-9-11-28-15-18;1-7-4-2-3-5-8(7)6-9/h5-8,13,18H,4,9-11,14-15H2,1-3H3;2-6H,1H3/b17-16+,24-13?;. The van der Waals surface area contributed by atoms with Crippen molar-refractivity contribution in [3.63, 3.8) is 0 Å². The number of aryl methyl sites for hydroxylation is 1. The summed E-state index contributed by atoms with van der Waals surface area (Å²) in [6, 6.07) is 17.6. The minimum absolute atomic E-state index is 0.0143. The largest absolute Gasteiger partial charge is 0.471 e. The molecule has 0 saturated carbocycles. The van der Waals surface area contributed by atoms with E-state index in [-0.39, 0.29) is 6.10 Å². The summed E-state index contributed by atoms with van der Waals surface area (Å²) in [5.74, 6) is 1.23. The molecule has 1 atom stereocenters. The van der Waals surface area contributed by atoms with Crippen molar-refractivity contribution < 1.29 is 14.3 Å². The van der Waals surface area contributed by atoms with E-state index in [4.69, 9.17) is 14.5 Å². The third kappa shape index (κ3) is 7.95. The molecule has 2 aromatic carbocycles. The molecule has 1 fully saturated rings. The molecule has 1 saturated heterocycles. The second kappa shape index (κ2) is 14.6. The van der Waals surface area contributed by atoms with Crippen LogP contribution in [-0.4, -0.2) is 60.3 Å². The molecular formula is C30H35N5O3. The minimum atomic E-state index is 0.0143. The average molecular weight is 514 g/mol. The Labute approximate surface area is 224 Å². The lowest BCUT2D eigenvalue weighted by molar-refractivity contribution is 0.112. The zero-order valence-corrected chi connectivity index (χ0v) is 22.6. The summed E-state index contributed by atoms with van der Waals surface area (Å²) in [5, 5.41) is 10.4. The third-order valence-electron chi connectivity index (χ3n) is 6.13. The predicted molar refractivity (Wildman–Crippen MR) is 149 cm³/mol. The maximum atomic E-state index is 10.2. The molecule has 0 N–H and O–H groups in total. The Morgan fingerprint density at radius 2 is 2.00 bits per heavy atom. The molecule has 8 nitrogen and oxygen atoms in total. The van der Waals surface area contributed by atoms with Crippen LogP contribution in [0.4, 0.5) is 0 Å². The number of carbonyl (C=O) groups is 1. The van der Waals surface area contributed by atoms with Crippen LogP contribution in [0.2, 0.25) is 0 Å². The molecule has 0 amide bonds. The molecule has 2 heterocycles. The first kappa shape index (κ1) is 28.5. The van der Waals surface area contributed by atoms with Crippen LogP contribution in [0.25, 0.3) is 10.9 Å². The van der Waals surface area contributed by atoms with E-state index in [1.165, 1.54) is 0 Å². The summed E-state index contributed by atoms with van der Waals surface area (Å²) in [7, 11) is 1.92. The number of hydrogen-bond donors (Lipinski definition) is 0. The molecule has 0 radical (unpaired) electrons. The van der Waals surface area contributed by atoms with Crippen LogP contribution in [-0.2, 0) is 11.3 Å². The minimum Gasteiger partial charge on any atom is -0.471 e. The fourth-order valence-electron chi connectivity index (χ4n) is 3.76. The number of nitriles is 1. The Balaban J connectivity index is 0.000000375. The number of benzene rings is 2. The van der Waals surface area contributed by atoms with E-state index < -0.39 is 0 Å². The van der Waals surface area contributed by atoms with Gasteiger partial charge >= 0.3 is 0 Å². The maximum absolute atomic E-state index is 10.2. The number of aliphatic imine (C=N–C) groups is 1. The first-order valence-corrected chi connectivity index (χ1v) is 12.8. The van der Waals surface area contributed by atoms with Gasteiger partial charge in [-0.25, -0.2) is 4.98 Å². The van der Waals surface area contributed by atoms with Gasteiger partial charge in [-0.05, 0) is 38.0 Å². The summed E-state index contributed by atoms with van der Waals surface area (Å²) in [6.07, 6.45) is 4.34. The van der Waals surface area contributed by atoms with Crippen molar-refractivity contribution in [2.45, 2.75) is 46.3 Å². The van der Waals surface area contributed by atoms with E-state index in [2.05, 4.69) is 23.0 Å². The Bertz CT molecular complexity index is 1320. The Morgan fingerprint density at radius 3 is 2.66 bits per heavy atom. The SMILES string of the molecule is CCCN=C/C(C#N)=C(\C)N(C)Cc1nc(OC2CCOC2)c2ccccc2n1.Cc1ccccc1C=O. The third-order valence-corrected chi connectivity index (χ3v) is 6.13. The first-order chi connectivity index (χ1) is 18.5. The van der Waals surface area contributed by atoms with E-state index in [1.807, 2.05) is 74.3 Å². The van der Waals surface area contributed by atoms with Crippen molar-refractivity contribution in [1.82, 2.24) is 14.9 Å². The summed E-state index contributed by atoms with van der Waals surface area (Å²) >= 11 is 0. The van der Waals surface area contributed by atoms with Crippen LogP contribution >= 0.6 is 0 Å². The molecule has 0 spiro atoms. The van der Waals surface area contributed by atoms with E-state index in [0.717, 1.165) is 46.9 Å². The van der Waals surface area contributed by atoms with Gasteiger partial charge in [-0.15, -0.1) is 0 Å². The van der Waals surface area contributed by atoms with Crippen LogP contribution in [0.5, 0.6) is 5.88 Å². The Hall–Kier alpha value is -4.09. The van der Waals surface area contributed by atoms with Crippen molar-refractivity contribution in [2.24, 2.45) is 4.99 Å². The molecule has 0 bridgehead atoms. The topological polar surface area (TPSA) is 101 Å². The molecule has 3 aromatic rings. The molecule has 0 aliphatic carbocycles. The molecular weight excluding hydrogens is 478 g/mol. The van der Waals surface area contributed by atoms with Crippen molar-refractivity contribution in [2.75, 3.05) is 26.8 Å². The van der Waals surface area contributed by atoms with Gasteiger partial charge in [0.1, 0.15) is 18.5 Å². The van der Waals surface area contributed by atoms with Crippen LogP contribution in [0.1, 0.15) is 48.4 Å². The lowest BCUT2D eigenvalue weighted by atomic mass is 10.1. The highest BCUT2D eigenvalue weighted by molar-refractivity contribution is 5.85. The number of nitrogens with zero attached hydrogens (tertiary/aromatic N) is 5. The van der Waals surface area contributed by atoms with E-state index >= 15 is 0 Å². The fourth-order valence-corrected chi connectivity index (χ4v) is 3.76. The number of allylic oxidation sites excluding steroid dienone is 2. The van der Waals surface area contributed by atoms with Gasteiger partial charge in [0.15, 0.2) is 5.82 Å². The van der Waals surface area contributed by atoms with Crippen LogP contribution in [0, 0.1) is 18.3 Å². The summed E-state index contributed by atoms with van der Waals surface area (Å²) in [6.45, 7) is 8.35. The maximum Gasteiger partial charge on any atom is 0.225 e. The zero-order chi connectivity index (χ0) is 27.3. The first-order valence-electron chi connectivity index (χ1n) is 12.8. The summed E-state index contributed by atoms with van der Waals surface area (Å²) < 4.78 is 11.5. The Kier molecular flexibility index (Phi) is 10.9. The number of para-hydroxylation sites is 1. The fraction of sp³-hybridized carbons (Fsp3) is 0.367. The highest BCUT2D eigenvalue weighted by Crippen LogP contribution is 2.25. The van der Waals surface area contributed by atoms with Gasteiger partial charge in [-0.1, -0.05) is 43.3 Å². The number of rotatable bonds is 9. The van der Waals surface area contributed by atoms with Crippen molar-refractivity contribution in [1.29, 1.82) is 5.26 Å². The van der Waals surface area contributed by atoms with E-state index in [0.29, 0.717) is 43.6 Å². The van der Waals surface area contributed by atoms with Gasteiger partial charge < -0.3 is 14.4 Å². The zero-order valence-electron chi connectivity index (χ0n) is 22.6. The molecule has 1 unspecified atom stereocenters. The molecule has 4 rings (SSSR count). The number of hydrogen-bond acceptors (Lipinski definition) is 8. The van der Waals surface area contributed by atoms with Crippen LogP contribution in [0.3, 0.4) is 0 Å². The summed E-state index contributed by atoms with van der Waals surface area (Å²) in [4.78, 5) is 25.8. The Morgan fingerprint density at radius 1 is 1.24 bits per heavy atom. The second-order valence-corrected chi connectivity index (χ2v) is 9.04. The quantitative estimate of drug-likeness (QED) is 0.217. The van der Waals surface area contributed by atoms with E-state index in [1.54, 1.807) is 6.21 Å².